The first-order chi connectivity index (χ1) is 6.12. The van der Waals surface area contributed by atoms with Gasteiger partial charge in [-0.3, -0.25) is 0 Å². The van der Waals surface area contributed by atoms with Crippen LogP contribution in [0.1, 0.15) is 41.5 Å². The highest BCUT2D eigenvalue weighted by Crippen LogP contribution is 2.30. The van der Waals surface area contributed by atoms with Gasteiger partial charge in [0.25, 0.3) is 0 Å². The van der Waals surface area contributed by atoms with Gasteiger partial charge in [0.05, 0.1) is 0 Å². The molecular formula is C10H24Br2P2. The molecule has 0 heterocycles. The number of halogens is 2. The molecule has 0 aromatic heterocycles. The summed E-state index contributed by atoms with van der Waals surface area (Å²) in [5.41, 5.74) is 1.03. The quantitative estimate of drug-likeness (QED) is 0.523. The Morgan fingerprint density at radius 3 is 0.929 bits per heavy atom. The Morgan fingerprint density at radius 2 is 0.929 bits per heavy atom. The molecule has 4 heteroatoms. The first kappa shape index (κ1) is 18.2. The van der Waals surface area contributed by atoms with Crippen molar-refractivity contribution < 1.29 is 0 Å². The van der Waals surface area contributed by atoms with Crippen LogP contribution in [0.25, 0.3) is 0 Å². The highest BCUT2D eigenvalue weighted by Gasteiger charge is 2.07. The van der Waals surface area contributed by atoms with E-state index in [1.807, 2.05) is 0 Å². The smallest absolute Gasteiger partial charge is 0.0206 e. The van der Waals surface area contributed by atoms with E-state index in [1.165, 1.54) is 12.3 Å². The second kappa shape index (κ2) is 8.91. The molecular weight excluding hydrogens is 342 g/mol. The zero-order valence-electron chi connectivity index (χ0n) is 10.2. The van der Waals surface area contributed by atoms with Crippen LogP contribution in [0.4, 0.5) is 0 Å². The van der Waals surface area contributed by atoms with E-state index in [9.17, 15) is 0 Å². The topological polar surface area (TPSA) is 0 Å². The molecule has 0 spiro atoms. The summed E-state index contributed by atoms with van der Waals surface area (Å²) in [6.07, 6.45) is 2.57. The predicted molar refractivity (Wildman–Crippen MR) is 83.1 cm³/mol. The molecule has 0 radical (unpaired) electrons. The minimum absolute atomic E-state index is 0.516. The van der Waals surface area contributed by atoms with Crippen molar-refractivity contribution in [2.45, 2.75) is 41.5 Å². The highest BCUT2D eigenvalue weighted by atomic mass is 79.9. The van der Waals surface area contributed by atoms with E-state index < -0.39 is 0 Å². The molecule has 0 aliphatic rings. The summed E-state index contributed by atoms with van der Waals surface area (Å²) in [5.74, 6) is 0. The Bertz CT molecular complexity index is 109. The lowest BCUT2D eigenvalue weighted by Crippen LogP contribution is -2.05. The maximum atomic E-state index is 3.41. The average molecular weight is 366 g/mol. The van der Waals surface area contributed by atoms with Gasteiger partial charge in [0.1, 0.15) is 0 Å². The molecule has 14 heavy (non-hydrogen) atoms. The zero-order valence-corrected chi connectivity index (χ0v) is 15.3. The fraction of sp³-hybridized carbons (Fsp3) is 1.00. The van der Waals surface area contributed by atoms with Crippen molar-refractivity contribution in [2.75, 3.05) is 12.3 Å². The molecule has 0 aromatic rings. The summed E-state index contributed by atoms with van der Waals surface area (Å²) in [4.78, 5) is 0. The van der Waals surface area contributed by atoms with Crippen molar-refractivity contribution >= 4 is 45.5 Å². The normalized spacial score (nSPS) is 13.7. The summed E-state index contributed by atoms with van der Waals surface area (Å²) in [5, 5.41) is 0. The second-order valence-corrected chi connectivity index (χ2v) is 10.3. The molecule has 0 saturated heterocycles. The van der Waals surface area contributed by atoms with Gasteiger partial charge in [-0.15, -0.1) is 0 Å². The lowest BCUT2D eigenvalue weighted by molar-refractivity contribution is 0.480. The van der Waals surface area contributed by atoms with Crippen LogP contribution in [0.2, 0.25) is 0 Å². The van der Waals surface area contributed by atoms with Crippen molar-refractivity contribution in [3.63, 3.8) is 0 Å². The Hall–Kier alpha value is 1.82. The number of hydrogen-bond donors (Lipinski definition) is 0. The summed E-state index contributed by atoms with van der Waals surface area (Å²) in [7, 11) is 1.84. The van der Waals surface area contributed by atoms with Crippen LogP contribution in [-0.2, 0) is 0 Å². The van der Waals surface area contributed by atoms with Crippen LogP contribution < -0.4 is 0 Å². The molecule has 2 atom stereocenters. The Morgan fingerprint density at radius 1 is 0.714 bits per heavy atom. The van der Waals surface area contributed by atoms with E-state index in [2.05, 4.69) is 72.5 Å². The Labute approximate surface area is 110 Å². The van der Waals surface area contributed by atoms with E-state index in [-0.39, 0.29) is 0 Å². The van der Waals surface area contributed by atoms with Crippen LogP contribution in [0.15, 0.2) is 0 Å². The molecule has 0 aromatic carbocycles. The van der Waals surface area contributed by atoms with Gasteiger partial charge in [-0.1, -0.05) is 72.5 Å². The van der Waals surface area contributed by atoms with Gasteiger partial charge >= 0.3 is 0 Å². The second-order valence-electron chi connectivity index (χ2n) is 5.74. The van der Waals surface area contributed by atoms with E-state index in [0.29, 0.717) is 10.8 Å². The highest BCUT2D eigenvalue weighted by molar-refractivity contribution is 9.37. The molecule has 0 N–H and O–H groups in total. The lowest BCUT2D eigenvalue weighted by Gasteiger charge is -2.14. The van der Waals surface area contributed by atoms with E-state index >= 15 is 0 Å². The summed E-state index contributed by atoms with van der Waals surface area (Å²) in [6.45, 7) is 13.5. The Kier molecular flexibility index (Phi) is 11.6. The van der Waals surface area contributed by atoms with Gasteiger partial charge in [-0.25, -0.2) is 0 Å². The third-order valence-electron chi connectivity index (χ3n) is 1.19. The molecule has 0 aliphatic heterocycles. The van der Waals surface area contributed by atoms with E-state index in [0.717, 1.165) is 14.6 Å². The maximum Gasteiger partial charge on any atom is -0.0206 e. The minimum atomic E-state index is 0.516. The van der Waals surface area contributed by atoms with Crippen molar-refractivity contribution in [3.8, 4) is 0 Å². The number of hydrogen-bond acceptors (Lipinski definition) is 0. The molecule has 0 aliphatic carbocycles. The first-order valence-electron chi connectivity index (χ1n) is 4.79. The molecule has 0 bridgehead atoms. The zero-order chi connectivity index (χ0) is 11.8. The molecule has 0 fully saturated rings. The molecule has 88 valence electrons. The summed E-state index contributed by atoms with van der Waals surface area (Å²) in [6, 6.07) is 0. The first-order valence-corrected chi connectivity index (χ1v) is 11.7. The number of rotatable bonds is 2. The van der Waals surface area contributed by atoms with Crippen LogP contribution in [0.5, 0.6) is 0 Å². The van der Waals surface area contributed by atoms with Crippen LogP contribution in [-0.4, -0.2) is 12.3 Å². The van der Waals surface area contributed by atoms with Gasteiger partial charge in [0.15, 0.2) is 0 Å². The largest absolute Gasteiger partial charge is 0.0642 e. The standard InChI is InChI=1S/2C5H12BrP/c2*1-5(2,3)4-7-6/h2*7H,4H2,1-3H3. The molecule has 0 amide bonds. The molecule has 0 rings (SSSR count). The Balaban J connectivity index is 0. The summed E-state index contributed by atoms with van der Waals surface area (Å²) >= 11 is 6.83. The fourth-order valence-electron chi connectivity index (χ4n) is 0.401. The molecule has 0 saturated carbocycles. The minimum Gasteiger partial charge on any atom is -0.0642 e. The van der Waals surface area contributed by atoms with Gasteiger partial charge < -0.3 is 0 Å². The monoisotopic (exact) mass is 364 g/mol. The van der Waals surface area contributed by atoms with Crippen LogP contribution in [0, 0.1) is 10.8 Å². The van der Waals surface area contributed by atoms with Gasteiger partial charge in [0.2, 0.25) is 0 Å². The molecule has 0 nitrogen and oxygen atoms in total. The van der Waals surface area contributed by atoms with Crippen molar-refractivity contribution in [1.29, 1.82) is 0 Å². The van der Waals surface area contributed by atoms with Gasteiger partial charge in [-0.2, -0.15) is 0 Å². The average Bonchev–Trinajstić information content (AvgIpc) is 1.81. The fourth-order valence-corrected chi connectivity index (χ4v) is 6.25. The van der Waals surface area contributed by atoms with Crippen molar-refractivity contribution in [1.82, 2.24) is 0 Å². The third kappa shape index (κ3) is 23.6. The van der Waals surface area contributed by atoms with Gasteiger partial charge in [0, 0.05) is 0 Å². The van der Waals surface area contributed by atoms with E-state index in [4.69, 9.17) is 0 Å². The lowest BCUT2D eigenvalue weighted by atomic mass is 10.0. The van der Waals surface area contributed by atoms with Crippen LogP contribution in [0.3, 0.4) is 0 Å². The maximum absolute atomic E-state index is 3.41. The predicted octanol–water partition coefficient (Wildman–Crippen LogP) is 6.04. The van der Waals surface area contributed by atoms with Crippen molar-refractivity contribution in [3.05, 3.63) is 0 Å². The van der Waals surface area contributed by atoms with E-state index in [1.54, 1.807) is 0 Å². The third-order valence-corrected chi connectivity index (χ3v) is 5.27. The molecule has 2 unspecified atom stereocenters. The SMILES string of the molecule is CC(C)(C)CPBr.CC(C)(C)CPBr. The van der Waals surface area contributed by atoms with Crippen molar-refractivity contribution in [2.24, 2.45) is 10.8 Å². The van der Waals surface area contributed by atoms with Gasteiger partial charge in [-0.05, 0) is 37.7 Å². The summed E-state index contributed by atoms with van der Waals surface area (Å²) < 4.78 is 0. The van der Waals surface area contributed by atoms with Crippen LogP contribution >= 0.6 is 45.5 Å².